The van der Waals surface area contributed by atoms with E-state index in [1.54, 1.807) is 24.3 Å². The molecule has 1 aliphatic heterocycles. The van der Waals surface area contributed by atoms with Gasteiger partial charge in [-0.25, -0.2) is 0 Å². The zero-order chi connectivity index (χ0) is 18.6. The molecule has 26 heavy (non-hydrogen) atoms. The number of halogens is 1. The smallest absolute Gasteiger partial charge is 0.310 e. The average Bonchev–Trinajstić information content (AvgIpc) is 2.63. The lowest BCUT2D eigenvalue weighted by Gasteiger charge is -2.36. The van der Waals surface area contributed by atoms with Crippen molar-refractivity contribution in [1.82, 2.24) is 4.90 Å². The molecule has 2 aromatic carbocycles. The van der Waals surface area contributed by atoms with Crippen LogP contribution in [-0.4, -0.2) is 51.8 Å². The molecule has 2 aromatic rings. The van der Waals surface area contributed by atoms with E-state index in [-0.39, 0.29) is 5.75 Å². The van der Waals surface area contributed by atoms with Crippen molar-refractivity contribution < 1.29 is 12.6 Å². The van der Waals surface area contributed by atoms with Crippen LogP contribution in [0.2, 0.25) is 5.02 Å². The second-order valence-corrected chi connectivity index (χ2v) is 8.54. The lowest BCUT2D eigenvalue weighted by Crippen LogP contribution is -2.48. The van der Waals surface area contributed by atoms with Gasteiger partial charge in [-0.15, -0.1) is 0 Å². The normalized spacial score (nSPS) is 15.8. The van der Waals surface area contributed by atoms with Gasteiger partial charge in [0.1, 0.15) is 5.75 Å². The van der Waals surface area contributed by atoms with Gasteiger partial charge in [-0.05, 0) is 36.8 Å². The third-order valence-electron chi connectivity index (χ3n) is 4.51. The summed E-state index contributed by atoms with van der Waals surface area (Å²) in [7, 11) is -3.58. The molecule has 1 saturated heterocycles. The van der Waals surface area contributed by atoms with Gasteiger partial charge in [-0.2, -0.15) is 8.42 Å². The molecular weight excluding hydrogens is 372 g/mol. The maximum atomic E-state index is 12.1. The first-order valence-electron chi connectivity index (χ1n) is 8.64. The summed E-state index contributed by atoms with van der Waals surface area (Å²) in [5.74, 6) is 0.340. The second kappa shape index (κ2) is 8.29. The predicted molar refractivity (Wildman–Crippen MR) is 106 cm³/mol. The second-order valence-electron chi connectivity index (χ2n) is 6.42. The molecule has 0 aromatic heterocycles. The molecule has 0 atom stereocenters. The molecule has 0 spiro atoms. The first-order valence-corrected chi connectivity index (χ1v) is 10.6. The number of benzene rings is 2. The summed E-state index contributed by atoms with van der Waals surface area (Å²) in [6, 6.07) is 14.5. The molecule has 0 unspecified atom stereocenters. The number of rotatable bonds is 6. The quantitative estimate of drug-likeness (QED) is 0.704. The van der Waals surface area contributed by atoms with Gasteiger partial charge < -0.3 is 9.08 Å². The first kappa shape index (κ1) is 19.0. The summed E-state index contributed by atoms with van der Waals surface area (Å²) in [5.41, 5.74) is 2.35. The van der Waals surface area contributed by atoms with Crippen LogP contribution in [-0.2, 0) is 10.1 Å². The SMILES string of the molecule is Cc1ccc(Cl)cc1N1CCN(CCS(=O)(=O)Oc2ccccc2)CC1. The molecular formula is C19H23ClN2O3S. The van der Waals surface area contributed by atoms with Crippen molar-refractivity contribution in [3.63, 3.8) is 0 Å². The van der Waals surface area contributed by atoms with Crippen LogP contribution in [0.4, 0.5) is 5.69 Å². The Morgan fingerprint density at radius 1 is 1.04 bits per heavy atom. The fourth-order valence-corrected chi connectivity index (χ4v) is 4.18. The average molecular weight is 395 g/mol. The van der Waals surface area contributed by atoms with Gasteiger partial charge in [0.15, 0.2) is 0 Å². The highest BCUT2D eigenvalue weighted by Crippen LogP contribution is 2.25. The maximum absolute atomic E-state index is 12.1. The zero-order valence-electron chi connectivity index (χ0n) is 14.8. The van der Waals surface area contributed by atoms with Crippen LogP contribution in [0.25, 0.3) is 0 Å². The van der Waals surface area contributed by atoms with Crippen molar-refractivity contribution in [2.45, 2.75) is 6.92 Å². The number of nitrogens with zero attached hydrogens (tertiary/aromatic N) is 2. The van der Waals surface area contributed by atoms with E-state index in [2.05, 4.69) is 16.7 Å². The summed E-state index contributed by atoms with van der Waals surface area (Å²) in [6.45, 7) is 5.87. The molecule has 7 heteroatoms. The van der Waals surface area contributed by atoms with Gasteiger partial charge in [0.05, 0.1) is 5.75 Å². The molecule has 140 valence electrons. The lowest BCUT2D eigenvalue weighted by molar-refractivity contribution is 0.270. The van der Waals surface area contributed by atoms with E-state index in [4.69, 9.17) is 15.8 Å². The molecule has 5 nitrogen and oxygen atoms in total. The number of aryl methyl sites for hydroxylation is 1. The standard InChI is InChI=1S/C19H23ClN2O3S/c1-16-7-8-17(20)15-19(16)22-11-9-21(10-12-22)13-14-26(23,24)25-18-5-3-2-4-6-18/h2-8,15H,9-14H2,1H3. The molecule has 1 heterocycles. The Labute approximate surface area is 160 Å². The van der Waals surface area contributed by atoms with Crippen molar-refractivity contribution in [2.24, 2.45) is 0 Å². The minimum Gasteiger partial charge on any atom is -0.382 e. The molecule has 0 radical (unpaired) electrons. The van der Waals surface area contributed by atoms with Gasteiger partial charge in [0.25, 0.3) is 0 Å². The molecule has 3 rings (SSSR count). The third kappa shape index (κ3) is 5.13. The first-order chi connectivity index (χ1) is 12.4. The van der Waals surface area contributed by atoms with Gasteiger partial charge in [0, 0.05) is 43.4 Å². The molecule has 0 saturated carbocycles. The summed E-state index contributed by atoms with van der Waals surface area (Å²) >= 11 is 6.11. The Kier molecular flexibility index (Phi) is 6.06. The van der Waals surface area contributed by atoms with Crippen LogP contribution >= 0.6 is 11.6 Å². The highest BCUT2D eigenvalue weighted by atomic mass is 35.5. The Morgan fingerprint density at radius 3 is 2.42 bits per heavy atom. The summed E-state index contributed by atoms with van der Waals surface area (Å²) in [4.78, 5) is 4.45. The van der Waals surface area contributed by atoms with Crippen molar-refractivity contribution in [3.8, 4) is 5.75 Å². The number of hydrogen-bond acceptors (Lipinski definition) is 5. The topological polar surface area (TPSA) is 49.9 Å². The number of hydrogen-bond donors (Lipinski definition) is 0. The summed E-state index contributed by atoms with van der Waals surface area (Å²) in [6.07, 6.45) is 0. The lowest BCUT2D eigenvalue weighted by atomic mass is 10.1. The van der Waals surface area contributed by atoms with Crippen LogP contribution in [0.15, 0.2) is 48.5 Å². The van der Waals surface area contributed by atoms with Gasteiger partial charge in [-0.1, -0.05) is 35.9 Å². The number of para-hydroxylation sites is 1. The maximum Gasteiger partial charge on any atom is 0.310 e. The Bertz CT molecular complexity index is 835. The van der Waals surface area contributed by atoms with E-state index in [1.165, 1.54) is 5.56 Å². The van der Waals surface area contributed by atoms with Crippen LogP contribution in [0.5, 0.6) is 5.75 Å². The zero-order valence-corrected chi connectivity index (χ0v) is 16.3. The molecule has 0 bridgehead atoms. The van der Waals surface area contributed by atoms with Crippen LogP contribution in [0, 0.1) is 6.92 Å². The number of piperazine rings is 1. The molecule has 1 aliphatic rings. The number of anilines is 1. The van der Waals surface area contributed by atoms with Crippen LogP contribution < -0.4 is 9.08 Å². The molecule has 1 fully saturated rings. The minimum absolute atomic E-state index is 0.0158. The molecule has 0 aliphatic carbocycles. The van der Waals surface area contributed by atoms with E-state index < -0.39 is 10.1 Å². The van der Waals surface area contributed by atoms with Crippen molar-refractivity contribution >= 4 is 27.4 Å². The van der Waals surface area contributed by atoms with Crippen molar-refractivity contribution in [2.75, 3.05) is 43.4 Å². The highest BCUT2D eigenvalue weighted by molar-refractivity contribution is 7.87. The van der Waals surface area contributed by atoms with Gasteiger partial charge in [-0.3, -0.25) is 4.90 Å². The van der Waals surface area contributed by atoms with Crippen LogP contribution in [0.3, 0.4) is 0 Å². The van der Waals surface area contributed by atoms with E-state index in [9.17, 15) is 8.42 Å². The van der Waals surface area contributed by atoms with Crippen LogP contribution in [0.1, 0.15) is 5.56 Å². The largest absolute Gasteiger partial charge is 0.382 e. The van der Waals surface area contributed by atoms with Crippen molar-refractivity contribution in [1.29, 1.82) is 0 Å². The van der Waals surface area contributed by atoms with Gasteiger partial charge >= 0.3 is 10.1 Å². The minimum atomic E-state index is -3.58. The highest BCUT2D eigenvalue weighted by Gasteiger charge is 2.21. The third-order valence-corrected chi connectivity index (χ3v) is 5.87. The predicted octanol–water partition coefficient (Wildman–Crippen LogP) is 3.18. The Hall–Kier alpha value is -1.76. The monoisotopic (exact) mass is 394 g/mol. The van der Waals surface area contributed by atoms with E-state index in [0.29, 0.717) is 12.3 Å². The summed E-state index contributed by atoms with van der Waals surface area (Å²) in [5, 5.41) is 0.734. The Balaban J connectivity index is 1.50. The van der Waals surface area contributed by atoms with Crippen molar-refractivity contribution in [3.05, 3.63) is 59.1 Å². The Morgan fingerprint density at radius 2 is 1.73 bits per heavy atom. The van der Waals surface area contributed by atoms with Gasteiger partial charge in [0.2, 0.25) is 0 Å². The van der Waals surface area contributed by atoms with E-state index in [1.807, 2.05) is 24.3 Å². The molecule has 0 N–H and O–H groups in total. The summed E-state index contributed by atoms with van der Waals surface area (Å²) < 4.78 is 29.4. The van der Waals surface area contributed by atoms with E-state index in [0.717, 1.165) is 36.9 Å². The molecule has 0 amide bonds. The van der Waals surface area contributed by atoms with E-state index >= 15 is 0 Å². The fourth-order valence-electron chi connectivity index (χ4n) is 3.04. The fraction of sp³-hybridized carbons (Fsp3) is 0.368.